The molecule has 2 aliphatic heterocycles. The zero-order chi connectivity index (χ0) is 20.3. The zero-order valence-corrected chi connectivity index (χ0v) is 18.0. The van der Waals surface area contributed by atoms with Crippen molar-refractivity contribution in [2.24, 2.45) is 5.92 Å². The number of imidazole rings is 1. The van der Waals surface area contributed by atoms with Crippen molar-refractivity contribution in [2.75, 3.05) is 26.2 Å². The number of aromatic nitrogens is 2. The minimum Gasteiger partial charge on any atom is -0.337 e. The number of fused-ring (bicyclic) bond motifs is 1. The van der Waals surface area contributed by atoms with Crippen LogP contribution >= 0.6 is 0 Å². The van der Waals surface area contributed by atoms with Gasteiger partial charge in [0.2, 0.25) is 0 Å². The maximum atomic E-state index is 13.1. The van der Waals surface area contributed by atoms with Crippen LogP contribution in [0.1, 0.15) is 79.3 Å². The SMILES string of the molecule is O=C(c1cn2c(n1)C(c1ccccc1)N(CC1CCCCC1)CC2)N1CCCCC1. The number of nitrogens with zero attached hydrogens (tertiary/aromatic N) is 4. The van der Waals surface area contributed by atoms with Gasteiger partial charge >= 0.3 is 0 Å². The second-order valence-corrected chi connectivity index (χ2v) is 9.34. The van der Waals surface area contributed by atoms with Crippen LogP contribution in [0, 0.1) is 5.92 Å². The zero-order valence-electron chi connectivity index (χ0n) is 18.0. The molecule has 1 aromatic heterocycles. The molecule has 5 heteroatoms. The van der Waals surface area contributed by atoms with E-state index in [-0.39, 0.29) is 11.9 Å². The Bertz CT molecular complexity index is 849. The number of rotatable bonds is 4. The van der Waals surface area contributed by atoms with Crippen LogP contribution in [0.3, 0.4) is 0 Å². The highest BCUT2D eigenvalue weighted by atomic mass is 16.2. The Morgan fingerprint density at radius 3 is 2.40 bits per heavy atom. The van der Waals surface area contributed by atoms with E-state index in [1.165, 1.54) is 44.1 Å². The normalized spacial score (nSPS) is 23.3. The van der Waals surface area contributed by atoms with E-state index >= 15 is 0 Å². The lowest BCUT2D eigenvalue weighted by atomic mass is 9.88. The van der Waals surface area contributed by atoms with Crippen molar-refractivity contribution >= 4 is 5.91 Å². The van der Waals surface area contributed by atoms with Gasteiger partial charge in [0.15, 0.2) is 0 Å². The standard InChI is InChI=1S/C25H34N4O/c30-25(27-14-8-3-9-15-27)22-19-29-17-16-28(18-20-10-4-1-5-11-20)23(24(29)26-22)21-12-6-2-7-13-21/h2,6-7,12-13,19-20,23H,1,3-5,8-11,14-18H2. The minimum atomic E-state index is 0.113. The topological polar surface area (TPSA) is 41.4 Å². The number of hydrogen-bond acceptors (Lipinski definition) is 3. The molecule has 30 heavy (non-hydrogen) atoms. The van der Waals surface area contributed by atoms with Crippen molar-refractivity contribution in [2.45, 2.75) is 64.0 Å². The Morgan fingerprint density at radius 1 is 0.900 bits per heavy atom. The molecule has 1 amide bonds. The molecule has 2 aromatic rings. The second-order valence-electron chi connectivity index (χ2n) is 9.34. The summed E-state index contributed by atoms with van der Waals surface area (Å²) in [7, 11) is 0. The maximum Gasteiger partial charge on any atom is 0.274 e. The molecule has 0 bridgehead atoms. The Balaban J connectivity index is 1.43. The number of carbonyl (C=O) groups excluding carboxylic acids is 1. The summed E-state index contributed by atoms with van der Waals surface area (Å²) in [6, 6.07) is 10.9. The number of likely N-dealkylation sites (tertiary alicyclic amines) is 1. The van der Waals surface area contributed by atoms with Gasteiger partial charge in [-0.1, -0.05) is 49.6 Å². The summed E-state index contributed by atoms with van der Waals surface area (Å²) in [5.74, 6) is 1.95. The molecule has 3 aliphatic rings. The van der Waals surface area contributed by atoms with E-state index in [0.717, 1.165) is 57.3 Å². The number of hydrogen-bond donors (Lipinski definition) is 0. The maximum absolute atomic E-state index is 13.1. The van der Waals surface area contributed by atoms with Crippen LogP contribution in [0.15, 0.2) is 36.5 Å². The van der Waals surface area contributed by atoms with Crippen molar-refractivity contribution in [1.29, 1.82) is 0 Å². The molecule has 2 fully saturated rings. The predicted octanol–water partition coefficient (Wildman–Crippen LogP) is 4.49. The van der Waals surface area contributed by atoms with E-state index in [0.29, 0.717) is 5.69 Å². The van der Waals surface area contributed by atoms with Crippen molar-refractivity contribution in [3.63, 3.8) is 0 Å². The van der Waals surface area contributed by atoms with Crippen LogP contribution in [0.25, 0.3) is 0 Å². The lowest BCUT2D eigenvalue weighted by Crippen LogP contribution is -2.41. The third-order valence-electron chi connectivity index (χ3n) is 7.24. The molecule has 3 heterocycles. The van der Waals surface area contributed by atoms with Crippen molar-refractivity contribution < 1.29 is 4.79 Å². The molecule has 1 atom stereocenters. The van der Waals surface area contributed by atoms with Crippen molar-refractivity contribution in [3.8, 4) is 0 Å². The van der Waals surface area contributed by atoms with Gasteiger partial charge in [0.1, 0.15) is 11.5 Å². The molecule has 160 valence electrons. The molecular weight excluding hydrogens is 372 g/mol. The summed E-state index contributed by atoms with van der Waals surface area (Å²) < 4.78 is 2.24. The van der Waals surface area contributed by atoms with Crippen LogP contribution in [-0.4, -0.2) is 51.4 Å². The highest BCUT2D eigenvalue weighted by Crippen LogP contribution is 2.34. The molecule has 1 saturated heterocycles. The molecule has 1 aromatic carbocycles. The van der Waals surface area contributed by atoms with E-state index in [4.69, 9.17) is 4.98 Å². The van der Waals surface area contributed by atoms with Crippen molar-refractivity contribution in [1.82, 2.24) is 19.4 Å². The van der Waals surface area contributed by atoms with E-state index in [1.54, 1.807) is 0 Å². The number of piperidine rings is 1. The highest BCUT2D eigenvalue weighted by molar-refractivity contribution is 5.92. The first-order chi connectivity index (χ1) is 14.8. The molecular formula is C25H34N4O. The van der Waals surface area contributed by atoms with Gasteiger partial charge in [-0.3, -0.25) is 9.69 Å². The van der Waals surface area contributed by atoms with E-state index < -0.39 is 0 Å². The summed E-state index contributed by atoms with van der Waals surface area (Å²) in [5, 5.41) is 0. The van der Waals surface area contributed by atoms with Gasteiger partial charge in [0.25, 0.3) is 5.91 Å². The molecule has 5 rings (SSSR count). The van der Waals surface area contributed by atoms with Gasteiger partial charge in [-0.25, -0.2) is 4.98 Å². The smallest absolute Gasteiger partial charge is 0.274 e. The Morgan fingerprint density at radius 2 is 1.63 bits per heavy atom. The van der Waals surface area contributed by atoms with Gasteiger partial charge in [0, 0.05) is 38.9 Å². The highest BCUT2D eigenvalue weighted by Gasteiger charge is 2.34. The van der Waals surface area contributed by atoms with Gasteiger partial charge in [-0.2, -0.15) is 0 Å². The third kappa shape index (κ3) is 4.04. The third-order valence-corrected chi connectivity index (χ3v) is 7.24. The minimum absolute atomic E-state index is 0.113. The fraction of sp³-hybridized carbons (Fsp3) is 0.600. The summed E-state index contributed by atoms with van der Waals surface area (Å²) >= 11 is 0. The lowest BCUT2D eigenvalue weighted by Gasteiger charge is -2.39. The molecule has 0 spiro atoms. The van der Waals surface area contributed by atoms with E-state index in [9.17, 15) is 4.79 Å². The predicted molar refractivity (Wildman–Crippen MR) is 118 cm³/mol. The Hall–Kier alpha value is -2.14. The van der Waals surface area contributed by atoms with Gasteiger partial charge in [-0.15, -0.1) is 0 Å². The first kappa shape index (κ1) is 19.8. The molecule has 1 unspecified atom stereocenters. The van der Waals surface area contributed by atoms with Crippen LogP contribution in [0.2, 0.25) is 0 Å². The average molecular weight is 407 g/mol. The van der Waals surface area contributed by atoms with Crippen LogP contribution < -0.4 is 0 Å². The average Bonchev–Trinajstić information content (AvgIpc) is 3.24. The molecule has 1 saturated carbocycles. The van der Waals surface area contributed by atoms with Gasteiger partial charge < -0.3 is 9.47 Å². The van der Waals surface area contributed by atoms with E-state index in [1.807, 2.05) is 11.1 Å². The van der Waals surface area contributed by atoms with Crippen LogP contribution in [0.5, 0.6) is 0 Å². The van der Waals surface area contributed by atoms with E-state index in [2.05, 4.69) is 39.8 Å². The summed E-state index contributed by atoms with van der Waals surface area (Å²) in [6.07, 6.45) is 12.3. The molecule has 0 radical (unpaired) electrons. The molecule has 1 aliphatic carbocycles. The first-order valence-electron chi connectivity index (χ1n) is 11.9. The quantitative estimate of drug-likeness (QED) is 0.751. The summed E-state index contributed by atoms with van der Waals surface area (Å²) in [6.45, 7) is 4.83. The summed E-state index contributed by atoms with van der Waals surface area (Å²) in [4.78, 5) is 22.7. The van der Waals surface area contributed by atoms with Gasteiger partial charge in [0.05, 0.1) is 6.04 Å². The molecule has 5 nitrogen and oxygen atoms in total. The Kier molecular flexibility index (Phi) is 5.89. The van der Waals surface area contributed by atoms with Crippen molar-refractivity contribution in [3.05, 3.63) is 53.6 Å². The second kappa shape index (κ2) is 8.93. The fourth-order valence-electron chi connectivity index (χ4n) is 5.61. The number of benzene rings is 1. The monoisotopic (exact) mass is 406 g/mol. The number of carbonyl (C=O) groups is 1. The fourth-order valence-corrected chi connectivity index (χ4v) is 5.61. The van der Waals surface area contributed by atoms with Crippen LogP contribution in [-0.2, 0) is 6.54 Å². The first-order valence-corrected chi connectivity index (χ1v) is 11.9. The van der Waals surface area contributed by atoms with Gasteiger partial charge in [-0.05, 0) is 43.6 Å². The Labute approximate surface area is 180 Å². The largest absolute Gasteiger partial charge is 0.337 e. The summed E-state index contributed by atoms with van der Waals surface area (Å²) in [5.41, 5.74) is 1.92. The lowest BCUT2D eigenvalue weighted by molar-refractivity contribution is 0.0718. The number of amides is 1. The molecule has 0 N–H and O–H groups in total. The van der Waals surface area contributed by atoms with Crippen LogP contribution in [0.4, 0.5) is 0 Å².